The normalized spacial score (nSPS) is 17.5. The number of fused-ring (bicyclic) bond motifs is 1. The fourth-order valence-corrected chi connectivity index (χ4v) is 5.19. The van der Waals surface area contributed by atoms with Gasteiger partial charge in [0.2, 0.25) is 5.91 Å². The molecule has 1 aliphatic rings. The highest BCUT2D eigenvalue weighted by Gasteiger charge is 2.49. The molecule has 3 heterocycles. The first-order valence-corrected chi connectivity index (χ1v) is 12.1. The molecule has 34 heavy (non-hydrogen) atoms. The Bertz CT molecular complexity index is 1380. The lowest BCUT2D eigenvalue weighted by Gasteiger charge is -2.43. The number of rotatable bonds is 5. The van der Waals surface area contributed by atoms with Gasteiger partial charge in [-0.1, -0.05) is 54.1 Å². The monoisotopic (exact) mass is 470 g/mol. The number of carbonyl (C=O) groups excluding carboxylic acids is 2. The van der Waals surface area contributed by atoms with E-state index in [-0.39, 0.29) is 18.4 Å². The maximum absolute atomic E-state index is 13.9. The third-order valence-electron chi connectivity index (χ3n) is 6.31. The highest BCUT2D eigenvalue weighted by Crippen LogP contribution is 2.36. The van der Waals surface area contributed by atoms with Gasteiger partial charge in [-0.3, -0.25) is 19.2 Å². The number of nitrogens with one attached hydrogen (secondary N) is 1. The smallest absolute Gasteiger partial charge is 0.277 e. The second-order valence-corrected chi connectivity index (χ2v) is 9.87. The van der Waals surface area contributed by atoms with Crippen LogP contribution in [0.5, 0.6) is 0 Å². The Labute approximate surface area is 202 Å². The van der Waals surface area contributed by atoms with Crippen LogP contribution in [0.4, 0.5) is 5.69 Å². The van der Waals surface area contributed by atoms with Crippen molar-refractivity contribution < 1.29 is 9.59 Å². The van der Waals surface area contributed by atoms with Crippen molar-refractivity contribution in [2.45, 2.75) is 39.4 Å². The molecular weight excluding hydrogens is 444 g/mol. The molecule has 7 heteroatoms. The van der Waals surface area contributed by atoms with Crippen LogP contribution in [0.2, 0.25) is 0 Å². The summed E-state index contributed by atoms with van der Waals surface area (Å²) in [7, 11) is 0. The number of para-hydroxylation sites is 1. The number of hydrogen-bond acceptors (Lipinski definition) is 4. The Balaban J connectivity index is 1.55. The summed E-state index contributed by atoms with van der Waals surface area (Å²) >= 11 is 1.57. The Morgan fingerprint density at radius 2 is 1.91 bits per heavy atom. The zero-order chi connectivity index (χ0) is 23.9. The van der Waals surface area contributed by atoms with E-state index in [2.05, 4.69) is 5.32 Å². The predicted molar refractivity (Wildman–Crippen MR) is 135 cm³/mol. The summed E-state index contributed by atoms with van der Waals surface area (Å²) in [6.45, 7) is 6.44. The van der Waals surface area contributed by atoms with Gasteiger partial charge >= 0.3 is 0 Å². The summed E-state index contributed by atoms with van der Waals surface area (Å²) in [5.41, 5.74) is 3.88. The van der Waals surface area contributed by atoms with E-state index in [1.54, 1.807) is 20.9 Å². The molecule has 0 saturated heterocycles. The van der Waals surface area contributed by atoms with Crippen LogP contribution in [-0.4, -0.2) is 27.1 Å². The van der Waals surface area contributed by atoms with Crippen LogP contribution in [0.3, 0.4) is 0 Å². The van der Waals surface area contributed by atoms with Crippen LogP contribution in [-0.2, 0) is 17.9 Å². The van der Waals surface area contributed by atoms with Crippen molar-refractivity contribution in [1.82, 2.24) is 15.1 Å². The zero-order valence-electron chi connectivity index (χ0n) is 19.4. The Morgan fingerprint density at radius 3 is 2.65 bits per heavy atom. The first-order valence-electron chi connectivity index (χ1n) is 11.2. The topological polar surface area (TPSA) is 67.2 Å². The summed E-state index contributed by atoms with van der Waals surface area (Å²) in [6.07, 6.45) is 0. The van der Waals surface area contributed by atoms with Crippen LogP contribution in [0, 0.1) is 13.8 Å². The van der Waals surface area contributed by atoms with Gasteiger partial charge in [-0.25, -0.2) is 0 Å². The van der Waals surface area contributed by atoms with E-state index in [0.717, 1.165) is 32.9 Å². The fraction of sp³-hybridized carbons (Fsp3) is 0.222. The fourth-order valence-electron chi connectivity index (χ4n) is 4.51. The molecule has 2 aromatic carbocycles. The highest BCUT2D eigenvalue weighted by molar-refractivity contribution is 7.13. The second kappa shape index (κ2) is 8.57. The van der Waals surface area contributed by atoms with Gasteiger partial charge in [0.25, 0.3) is 5.91 Å². The molecule has 0 bridgehead atoms. The van der Waals surface area contributed by atoms with Crippen molar-refractivity contribution in [3.8, 4) is 10.6 Å². The van der Waals surface area contributed by atoms with E-state index in [0.29, 0.717) is 12.2 Å². The Kier molecular flexibility index (Phi) is 5.57. The number of aromatic nitrogens is 2. The summed E-state index contributed by atoms with van der Waals surface area (Å²) in [6, 6.07) is 21.5. The number of carbonyl (C=O) groups is 2. The lowest BCUT2D eigenvalue weighted by Crippen LogP contribution is -2.64. The minimum atomic E-state index is -1.15. The predicted octanol–water partition coefficient (Wildman–Crippen LogP) is 4.96. The summed E-state index contributed by atoms with van der Waals surface area (Å²) in [4.78, 5) is 30.2. The molecule has 0 radical (unpaired) electrons. The lowest BCUT2D eigenvalue weighted by atomic mass is 9.93. The Morgan fingerprint density at radius 1 is 1.09 bits per heavy atom. The lowest BCUT2D eigenvalue weighted by molar-refractivity contribution is -0.126. The number of hydrogen-bond donors (Lipinski definition) is 1. The van der Waals surface area contributed by atoms with Gasteiger partial charge in [0, 0.05) is 12.2 Å². The third kappa shape index (κ3) is 3.82. The first kappa shape index (κ1) is 22.1. The van der Waals surface area contributed by atoms with Crippen molar-refractivity contribution >= 4 is 28.8 Å². The molecule has 1 N–H and O–H groups in total. The van der Waals surface area contributed by atoms with Gasteiger partial charge < -0.3 is 5.32 Å². The number of aryl methyl sites for hydroxylation is 2. The van der Waals surface area contributed by atoms with Crippen LogP contribution in [0.15, 0.2) is 72.1 Å². The molecule has 6 nitrogen and oxygen atoms in total. The standard InChI is InChI=1S/C27H26N4O2S/c1-18-8-6-10-20(14-18)16-28-26(33)27(3)17-30-23(15-21(29-30)24-12-7-13-34-24)25(32)31(27)22-11-5-4-9-19(22)2/h4-15H,16-17H2,1-3H3,(H,28,33). The number of benzene rings is 2. The summed E-state index contributed by atoms with van der Waals surface area (Å²) < 4.78 is 1.68. The number of thiophene rings is 1. The molecule has 5 rings (SSSR count). The van der Waals surface area contributed by atoms with Crippen molar-refractivity contribution in [3.63, 3.8) is 0 Å². The molecule has 0 fully saturated rings. The van der Waals surface area contributed by atoms with Gasteiger partial charge in [0.05, 0.1) is 11.4 Å². The zero-order valence-corrected chi connectivity index (χ0v) is 20.2. The molecule has 2 amide bonds. The maximum atomic E-state index is 13.9. The molecule has 0 saturated carbocycles. The van der Waals surface area contributed by atoms with E-state index in [4.69, 9.17) is 5.10 Å². The number of nitrogens with zero attached hydrogens (tertiary/aromatic N) is 3. The largest absolute Gasteiger partial charge is 0.350 e. The molecule has 1 unspecified atom stereocenters. The third-order valence-corrected chi connectivity index (χ3v) is 7.20. The molecular formula is C27H26N4O2S. The quantitative estimate of drug-likeness (QED) is 0.448. The SMILES string of the molecule is Cc1cccc(CNC(=O)C2(C)Cn3nc(-c4cccs4)cc3C(=O)N2c2ccccc2C)c1. The van der Waals surface area contributed by atoms with Crippen molar-refractivity contribution in [2.24, 2.45) is 0 Å². The van der Waals surface area contributed by atoms with Crippen LogP contribution >= 0.6 is 11.3 Å². The van der Waals surface area contributed by atoms with E-state index in [1.165, 1.54) is 0 Å². The van der Waals surface area contributed by atoms with Crippen LogP contribution < -0.4 is 10.2 Å². The summed E-state index contributed by atoms with van der Waals surface area (Å²) in [5.74, 6) is -0.450. The molecule has 0 spiro atoms. The van der Waals surface area contributed by atoms with Crippen molar-refractivity contribution in [2.75, 3.05) is 4.90 Å². The van der Waals surface area contributed by atoms with Gasteiger partial charge in [-0.2, -0.15) is 5.10 Å². The molecule has 0 aliphatic carbocycles. The number of amides is 2. The summed E-state index contributed by atoms with van der Waals surface area (Å²) in [5, 5.41) is 9.76. The van der Waals surface area contributed by atoms with Gasteiger partial charge in [0.15, 0.2) is 0 Å². The molecule has 1 aliphatic heterocycles. The van der Waals surface area contributed by atoms with E-state index < -0.39 is 5.54 Å². The highest BCUT2D eigenvalue weighted by atomic mass is 32.1. The second-order valence-electron chi connectivity index (χ2n) is 8.92. The van der Waals surface area contributed by atoms with Gasteiger partial charge in [-0.15, -0.1) is 11.3 Å². The average Bonchev–Trinajstić information content (AvgIpc) is 3.49. The molecule has 172 valence electrons. The van der Waals surface area contributed by atoms with Gasteiger partial charge in [0.1, 0.15) is 16.9 Å². The molecule has 2 aromatic heterocycles. The van der Waals surface area contributed by atoms with E-state index >= 15 is 0 Å². The van der Waals surface area contributed by atoms with Crippen LogP contribution in [0.1, 0.15) is 34.1 Å². The van der Waals surface area contributed by atoms with Crippen molar-refractivity contribution in [3.05, 3.63) is 94.5 Å². The minimum absolute atomic E-state index is 0.218. The number of anilines is 1. The maximum Gasteiger partial charge on any atom is 0.277 e. The van der Waals surface area contributed by atoms with E-state index in [1.807, 2.05) is 92.9 Å². The molecule has 1 atom stereocenters. The van der Waals surface area contributed by atoms with Crippen LogP contribution in [0.25, 0.3) is 10.6 Å². The average molecular weight is 471 g/mol. The van der Waals surface area contributed by atoms with Crippen molar-refractivity contribution in [1.29, 1.82) is 0 Å². The molecule has 4 aromatic rings. The Hall–Kier alpha value is -3.71. The van der Waals surface area contributed by atoms with Gasteiger partial charge in [-0.05, 0) is 55.5 Å². The minimum Gasteiger partial charge on any atom is -0.350 e. The first-order chi connectivity index (χ1) is 16.4. The van der Waals surface area contributed by atoms with E-state index in [9.17, 15) is 9.59 Å².